The summed E-state index contributed by atoms with van der Waals surface area (Å²) in [5, 5.41) is 4.25. The van der Waals surface area contributed by atoms with Crippen LogP contribution in [0.4, 0.5) is 27.5 Å². The maximum atomic E-state index is 14.1. The minimum atomic E-state index is -5.03. The third kappa shape index (κ3) is 6.73. The SMILES string of the molecule is C/C(CC(=O)Nc1nc(-c2ccc(OC(F)(F)F)c(F)c2)cs1)=C1/C(=O)N(C)C(=O)N(C)/C1=N/CC(C)C. The number of carbonyl (C=O) groups excluding carboxylic acids is 3. The zero-order chi connectivity index (χ0) is 28.4. The van der Waals surface area contributed by atoms with E-state index in [1.165, 1.54) is 30.4 Å². The average molecular weight is 556 g/mol. The van der Waals surface area contributed by atoms with E-state index in [0.29, 0.717) is 12.1 Å². The van der Waals surface area contributed by atoms with Gasteiger partial charge in [-0.3, -0.25) is 24.4 Å². The number of thiazole rings is 1. The molecule has 1 saturated heterocycles. The fraction of sp³-hybridized carbons (Fsp3) is 0.375. The number of aromatic nitrogens is 1. The number of anilines is 1. The molecule has 4 amide bonds. The van der Waals surface area contributed by atoms with E-state index in [-0.39, 0.29) is 40.1 Å². The van der Waals surface area contributed by atoms with Crippen LogP contribution >= 0.6 is 11.3 Å². The quantitative estimate of drug-likeness (QED) is 0.380. The lowest BCUT2D eigenvalue weighted by Crippen LogP contribution is -2.53. The molecular weight excluding hydrogens is 530 g/mol. The molecule has 0 radical (unpaired) electrons. The third-order valence-electron chi connectivity index (χ3n) is 5.30. The van der Waals surface area contributed by atoms with Gasteiger partial charge in [-0.25, -0.2) is 14.2 Å². The van der Waals surface area contributed by atoms with E-state index in [2.05, 4.69) is 20.0 Å². The van der Waals surface area contributed by atoms with Crippen molar-refractivity contribution < 1.29 is 36.7 Å². The minimum absolute atomic E-state index is 0.155. The number of hydrogen-bond donors (Lipinski definition) is 1. The van der Waals surface area contributed by atoms with E-state index in [9.17, 15) is 31.9 Å². The fourth-order valence-corrected chi connectivity index (χ4v) is 4.22. The molecule has 1 aromatic carbocycles. The molecule has 1 aliphatic rings. The van der Waals surface area contributed by atoms with Gasteiger partial charge >= 0.3 is 12.4 Å². The Morgan fingerprint density at radius 2 is 1.89 bits per heavy atom. The molecule has 0 aliphatic carbocycles. The molecule has 3 rings (SSSR count). The second-order valence-corrected chi connectivity index (χ2v) is 9.73. The van der Waals surface area contributed by atoms with E-state index in [0.717, 1.165) is 28.4 Å². The maximum absolute atomic E-state index is 14.1. The predicted molar refractivity (Wildman–Crippen MR) is 133 cm³/mol. The van der Waals surface area contributed by atoms with Crippen molar-refractivity contribution in [3.8, 4) is 17.0 Å². The molecule has 1 N–H and O–H groups in total. The monoisotopic (exact) mass is 555 g/mol. The molecule has 204 valence electrons. The van der Waals surface area contributed by atoms with Crippen LogP contribution in [0.2, 0.25) is 0 Å². The zero-order valence-corrected chi connectivity index (χ0v) is 22.0. The summed E-state index contributed by atoms with van der Waals surface area (Å²) < 4.78 is 54.8. The summed E-state index contributed by atoms with van der Waals surface area (Å²) in [6, 6.07) is 2.35. The minimum Gasteiger partial charge on any atom is -0.403 e. The lowest BCUT2D eigenvalue weighted by atomic mass is 10.0. The first-order valence-electron chi connectivity index (χ1n) is 11.3. The molecule has 0 unspecified atom stereocenters. The molecule has 0 atom stereocenters. The maximum Gasteiger partial charge on any atom is 0.573 e. The fourth-order valence-electron chi connectivity index (χ4n) is 3.49. The average Bonchev–Trinajstić information content (AvgIpc) is 3.27. The Labute approximate surface area is 219 Å². The summed E-state index contributed by atoms with van der Waals surface area (Å²) >= 11 is 1.02. The van der Waals surface area contributed by atoms with Crippen LogP contribution < -0.4 is 10.1 Å². The summed E-state index contributed by atoms with van der Waals surface area (Å²) in [5.41, 5.74) is 0.953. The number of alkyl halides is 3. The van der Waals surface area contributed by atoms with Crippen LogP contribution in [0.15, 0.2) is 39.7 Å². The Hall–Kier alpha value is -3.81. The topological polar surface area (TPSA) is 104 Å². The number of imide groups is 1. The smallest absolute Gasteiger partial charge is 0.403 e. The predicted octanol–water partition coefficient (Wildman–Crippen LogP) is 5.07. The number of amidine groups is 1. The van der Waals surface area contributed by atoms with Gasteiger partial charge < -0.3 is 10.1 Å². The highest BCUT2D eigenvalue weighted by atomic mass is 32.1. The number of aliphatic imine (C=N–C) groups is 1. The lowest BCUT2D eigenvalue weighted by molar-refractivity contribution is -0.275. The number of nitrogens with zero attached hydrogens (tertiary/aromatic N) is 4. The first-order chi connectivity index (χ1) is 17.7. The number of urea groups is 1. The molecule has 2 heterocycles. The van der Waals surface area contributed by atoms with Gasteiger partial charge in [-0.1, -0.05) is 13.8 Å². The first kappa shape index (κ1) is 28.8. The lowest BCUT2D eigenvalue weighted by Gasteiger charge is -2.33. The first-order valence-corrected chi connectivity index (χ1v) is 12.2. The summed E-state index contributed by atoms with van der Waals surface area (Å²) in [6.07, 6.45) is -5.23. The molecule has 1 aromatic heterocycles. The van der Waals surface area contributed by atoms with Crippen LogP contribution in [-0.4, -0.2) is 65.5 Å². The van der Waals surface area contributed by atoms with Gasteiger partial charge in [0.2, 0.25) is 5.91 Å². The van der Waals surface area contributed by atoms with E-state index in [1.807, 2.05) is 13.8 Å². The Balaban J connectivity index is 1.78. The summed E-state index contributed by atoms with van der Waals surface area (Å²) in [6.45, 7) is 5.84. The summed E-state index contributed by atoms with van der Waals surface area (Å²) in [4.78, 5) is 48.9. The van der Waals surface area contributed by atoms with Crippen molar-refractivity contribution in [3.63, 3.8) is 0 Å². The second kappa shape index (κ2) is 11.3. The highest BCUT2D eigenvalue weighted by Crippen LogP contribution is 2.31. The van der Waals surface area contributed by atoms with Gasteiger partial charge in [-0.2, -0.15) is 0 Å². The van der Waals surface area contributed by atoms with Gasteiger partial charge in [0.25, 0.3) is 5.91 Å². The van der Waals surface area contributed by atoms with Crippen molar-refractivity contribution >= 4 is 40.1 Å². The molecule has 1 fully saturated rings. The van der Waals surface area contributed by atoms with Crippen LogP contribution in [0.3, 0.4) is 0 Å². The third-order valence-corrected chi connectivity index (χ3v) is 6.05. The van der Waals surface area contributed by atoms with Gasteiger partial charge in [-0.15, -0.1) is 24.5 Å². The van der Waals surface area contributed by atoms with Crippen LogP contribution in [0, 0.1) is 11.7 Å². The number of carbonyl (C=O) groups is 3. The number of hydrogen-bond acceptors (Lipinski definition) is 7. The van der Waals surface area contributed by atoms with Crippen molar-refractivity contribution in [2.45, 2.75) is 33.6 Å². The summed E-state index contributed by atoms with van der Waals surface area (Å²) in [7, 11) is 2.84. The number of nitrogens with one attached hydrogen (secondary N) is 1. The molecule has 0 spiro atoms. The van der Waals surface area contributed by atoms with Crippen LogP contribution in [-0.2, 0) is 9.59 Å². The van der Waals surface area contributed by atoms with Gasteiger partial charge in [-0.05, 0) is 36.6 Å². The van der Waals surface area contributed by atoms with Crippen molar-refractivity contribution in [2.75, 3.05) is 26.0 Å². The molecule has 38 heavy (non-hydrogen) atoms. The highest BCUT2D eigenvalue weighted by molar-refractivity contribution is 7.14. The number of ether oxygens (including phenoxy) is 1. The standard InChI is InChI=1S/C24H25F4N5O4S/c1-12(2)10-29-20-19(21(35)33(5)23(36)32(20)4)13(3)8-18(34)31-22-30-16(11-38-22)14-6-7-17(15(25)9-14)37-24(26,27)28/h6-7,9,11-12H,8,10H2,1-5H3,(H,30,31,34)/b19-13-,29-20+. The number of halogens is 4. The Morgan fingerprint density at radius 3 is 2.50 bits per heavy atom. The molecule has 0 bridgehead atoms. The Morgan fingerprint density at radius 1 is 1.21 bits per heavy atom. The number of amides is 4. The number of rotatable bonds is 7. The number of likely N-dealkylation sites (N-methyl/N-ethyl adjacent to an activating group) is 2. The summed E-state index contributed by atoms with van der Waals surface area (Å²) in [5.74, 6) is -2.91. The molecule has 0 saturated carbocycles. The van der Waals surface area contributed by atoms with Crippen LogP contribution in [0.5, 0.6) is 5.75 Å². The van der Waals surface area contributed by atoms with E-state index in [4.69, 9.17) is 0 Å². The Kier molecular flexibility index (Phi) is 8.54. The van der Waals surface area contributed by atoms with E-state index in [1.54, 1.807) is 6.92 Å². The van der Waals surface area contributed by atoms with Crippen LogP contribution in [0.25, 0.3) is 11.3 Å². The van der Waals surface area contributed by atoms with Crippen molar-refractivity contribution in [3.05, 3.63) is 40.5 Å². The van der Waals surface area contributed by atoms with Crippen molar-refractivity contribution in [1.29, 1.82) is 0 Å². The number of benzene rings is 1. The molecule has 9 nitrogen and oxygen atoms in total. The van der Waals surface area contributed by atoms with Gasteiger partial charge in [0.1, 0.15) is 5.84 Å². The molecular formula is C24H25F4N5O4S. The van der Waals surface area contributed by atoms with Gasteiger partial charge in [0.05, 0.1) is 11.3 Å². The normalized spacial score (nSPS) is 16.9. The highest BCUT2D eigenvalue weighted by Gasteiger charge is 2.37. The van der Waals surface area contributed by atoms with Gasteiger partial charge in [0, 0.05) is 38.0 Å². The van der Waals surface area contributed by atoms with Crippen molar-refractivity contribution in [2.24, 2.45) is 10.9 Å². The van der Waals surface area contributed by atoms with E-state index >= 15 is 0 Å². The largest absolute Gasteiger partial charge is 0.573 e. The van der Waals surface area contributed by atoms with E-state index < -0.39 is 35.8 Å². The van der Waals surface area contributed by atoms with Crippen molar-refractivity contribution in [1.82, 2.24) is 14.8 Å². The van der Waals surface area contributed by atoms with Crippen LogP contribution in [0.1, 0.15) is 27.2 Å². The molecule has 14 heteroatoms. The molecule has 2 aromatic rings. The van der Waals surface area contributed by atoms with Gasteiger partial charge in [0.15, 0.2) is 16.7 Å². The molecule has 1 aliphatic heterocycles. The Bertz CT molecular complexity index is 1320. The zero-order valence-electron chi connectivity index (χ0n) is 21.1. The second-order valence-electron chi connectivity index (χ2n) is 8.88.